The molecule has 0 bridgehead atoms. The van der Waals surface area contributed by atoms with Gasteiger partial charge < -0.3 is 10.1 Å². The minimum atomic E-state index is -0.383. The Bertz CT molecular complexity index is 475. The van der Waals surface area contributed by atoms with Gasteiger partial charge in [0.1, 0.15) is 6.61 Å². The van der Waals surface area contributed by atoms with Crippen molar-refractivity contribution >= 4 is 6.09 Å². The van der Waals surface area contributed by atoms with E-state index < -0.39 is 0 Å². The average molecular weight is 302 g/mol. The molecule has 4 heteroatoms. The molecule has 4 nitrogen and oxygen atoms in total. The molecule has 22 heavy (non-hydrogen) atoms. The van der Waals surface area contributed by atoms with Crippen LogP contribution in [0, 0.1) is 5.92 Å². The van der Waals surface area contributed by atoms with E-state index in [4.69, 9.17) is 4.74 Å². The zero-order chi connectivity index (χ0) is 15.8. The molecule has 0 spiro atoms. The van der Waals surface area contributed by atoms with Gasteiger partial charge in [0.2, 0.25) is 0 Å². The first kappa shape index (κ1) is 16.6. The van der Waals surface area contributed by atoms with Crippen LogP contribution in [0.5, 0.6) is 0 Å². The molecule has 1 fully saturated rings. The molecule has 1 amide bonds. The Balaban J connectivity index is 2.02. The molecule has 0 unspecified atom stereocenters. The molecule has 1 heterocycles. The van der Waals surface area contributed by atoms with E-state index in [0.717, 1.165) is 13.1 Å². The maximum Gasteiger partial charge on any atom is 0.407 e. The Labute approximate surface area is 133 Å². The molecular weight excluding hydrogens is 276 g/mol. The van der Waals surface area contributed by atoms with Crippen molar-refractivity contribution in [3.63, 3.8) is 0 Å². The smallest absolute Gasteiger partial charge is 0.407 e. The lowest BCUT2D eigenvalue weighted by Gasteiger charge is -2.37. The molecule has 2 rings (SSSR count). The number of nitrogens with zero attached hydrogens (tertiary/aromatic N) is 1. The van der Waals surface area contributed by atoms with Crippen molar-refractivity contribution in [1.82, 2.24) is 10.2 Å². The molecule has 0 radical (unpaired) electrons. The van der Waals surface area contributed by atoms with Crippen LogP contribution in [-0.2, 0) is 4.74 Å². The largest absolute Gasteiger partial charge is 0.445 e. The third kappa shape index (κ3) is 4.88. The fourth-order valence-electron chi connectivity index (χ4n) is 3.01. The first-order valence-electron chi connectivity index (χ1n) is 8.01. The summed E-state index contributed by atoms with van der Waals surface area (Å²) in [5, 5.41) is 2.88. The number of nitrogens with one attached hydrogen (secondary N) is 1. The van der Waals surface area contributed by atoms with E-state index in [2.05, 4.69) is 35.9 Å². The molecule has 0 aromatic heterocycles. The summed E-state index contributed by atoms with van der Waals surface area (Å²) in [6.07, 6.45) is 3.68. The van der Waals surface area contributed by atoms with Crippen LogP contribution in [0.25, 0.3) is 0 Å². The Kier molecular flexibility index (Phi) is 6.46. The monoisotopic (exact) mass is 302 g/mol. The summed E-state index contributed by atoms with van der Waals surface area (Å²) in [7, 11) is 0. The number of alkyl carbamates (subject to hydrolysis) is 1. The SMILES string of the molecule is C=CCOC(=O)NC[C@H](c1ccccc1)N1CCC[C@H](C)C1. The molecule has 0 saturated carbocycles. The number of rotatable bonds is 6. The predicted molar refractivity (Wildman–Crippen MR) is 88.7 cm³/mol. The summed E-state index contributed by atoms with van der Waals surface area (Å²) >= 11 is 0. The maximum absolute atomic E-state index is 11.7. The zero-order valence-electron chi connectivity index (χ0n) is 13.3. The number of benzene rings is 1. The average Bonchev–Trinajstić information content (AvgIpc) is 2.54. The lowest BCUT2D eigenvalue weighted by atomic mass is 9.96. The summed E-state index contributed by atoms with van der Waals surface area (Å²) in [5.74, 6) is 0.702. The molecule has 1 N–H and O–H groups in total. The van der Waals surface area contributed by atoms with Crippen LogP contribution >= 0.6 is 0 Å². The highest BCUT2D eigenvalue weighted by molar-refractivity contribution is 5.67. The van der Waals surface area contributed by atoms with Gasteiger partial charge >= 0.3 is 6.09 Å². The fraction of sp³-hybridized carbons (Fsp3) is 0.500. The van der Waals surface area contributed by atoms with Crippen LogP contribution in [0.15, 0.2) is 43.0 Å². The Hall–Kier alpha value is -1.81. The van der Waals surface area contributed by atoms with Crippen molar-refractivity contribution in [1.29, 1.82) is 0 Å². The first-order chi connectivity index (χ1) is 10.7. The second kappa shape index (κ2) is 8.59. The van der Waals surface area contributed by atoms with E-state index >= 15 is 0 Å². The lowest BCUT2D eigenvalue weighted by Crippen LogP contribution is -2.42. The maximum atomic E-state index is 11.7. The first-order valence-corrected chi connectivity index (χ1v) is 8.01. The normalized spacial score (nSPS) is 20.1. The van der Waals surface area contributed by atoms with Gasteiger partial charge in [0.05, 0.1) is 6.04 Å². The van der Waals surface area contributed by atoms with Gasteiger partial charge in [-0.25, -0.2) is 4.79 Å². The standard InChI is InChI=1S/C18H26N2O2/c1-3-12-22-18(21)19-13-17(16-9-5-4-6-10-16)20-11-7-8-15(2)14-20/h3-6,9-10,15,17H,1,7-8,11-14H2,2H3,(H,19,21)/t15-,17+/m0/s1. The number of piperidine rings is 1. The third-order valence-electron chi connectivity index (χ3n) is 4.09. The summed E-state index contributed by atoms with van der Waals surface area (Å²) in [6, 6.07) is 10.6. The number of carbonyl (C=O) groups excluding carboxylic acids is 1. The van der Waals surface area contributed by atoms with Gasteiger partial charge in [-0.1, -0.05) is 49.9 Å². The van der Waals surface area contributed by atoms with Crippen LogP contribution in [0.3, 0.4) is 0 Å². The summed E-state index contributed by atoms with van der Waals surface area (Å²) in [6.45, 7) is 8.79. The van der Waals surface area contributed by atoms with E-state index in [0.29, 0.717) is 12.5 Å². The highest BCUT2D eigenvalue weighted by Gasteiger charge is 2.25. The Morgan fingerprint density at radius 2 is 2.27 bits per heavy atom. The quantitative estimate of drug-likeness (QED) is 0.819. The molecule has 120 valence electrons. The molecule has 0 aliphatic carbocycles. The summed E-state index contributed by atoms with van der Waals surface area (Å²) < 4.78 is 5.00. The minimum absolute atomic E-state index is 0.195. The molecule has 1 aliphatic heterocycles. The molecule has 1 aliphatic rings. The third-order valence-corrected chi connectivity index (χ3v) is 4.09. The topological polar surface area (TPSA) is 41.6 Å². The van der Waals surface area contributed by atoms with Crippen LogP contribution < -0.4 is 5.32 Å². The molecular formula is C18H26N2O2. The van der Waals surface area contributed by atoms with Gasteiger partial charge in [-0.2, -0.15) is 0 Å². The summed E-state index contributed by atoms with van der Waals surface area (Å²) in [4.78, 5) is 14.2. The number of hydrogen-bond acceptors (Lipinski definition) is 3. The number of carbonyl (C=O) groups is 1. The fourth-order valence-corrected chi connectivity index (χ4v) is 3.01. The minimum Gasteiger partial charge on any atom is -0.445 e. The second-order valence-corrected chi connectivity index (χ2v) is 5.94. The van der Waals surface area contributed by atoms with Crippen LogP contribution in [0.1, 0.15) is 31.4 Å². The van der Waals surface area contributed by atoms with Crippen molar-refractivity contribution in [3.8, 4) is 0 Å². The lowest BCUT2D eigenvalue weighted by molar-refractivity contribution is 0.120. The highest BCUT2D eigenvalue weighted by Crippen LogP contribution is 2.26. The molecule has 1 aromatic rings. The van der Waals surface area contributed by atoms with Crippen LogP contribution in [-0.4, -0.2) is 37.2 Å². The van der Waals surface area contributed by atoms with E-state index in [9.17, 15) is 4.79 Å². The van der Waals surface area contributed by atoms with Crippen molar-refractivity contribution < 1.29 is 9.53 Å². The Morgan fingerprint density at radius 3 is 2.95 bits per heavy atom. The summed E-state index contributed by atoms with van der Waals surface area (Å²) in [5.41, 5.74) is 1.24. The Morgan fingerprint density at radius 1 is 1.50 bits per heavy atom. The molecule has 1 aromatic carbocycles. The predicted octanol–water partition coefficient (Wildman–Crippen LogP) is 3.37. The zero-order valence-corrected chi connectivity index (χ0v) is 13.3. The van der Waals surface area contributed by atoms with Crippen LogP contribution in [0.2, 0.25) is 0 Å². The molecule has 1 saturated heterocycles. The van der Waals surface area contributed by atoms with Crippen molar-refractivity contribution in [2.24, 2.45) is 5.92 Å². The van der Waals surface area contributed by atoms with Crippen molar-refractivity contribution in [2.75, 3.05) is 26.2 Å². The van der Waals surface area contributed by atoms with E-state index in [1.165, 1.54) is 18.4 Å². The van der Waals surface area contributed by atoms with Crippen molar-refractivity contribution in [2.45, 2.75) is 25.8 Å². The number of likely N-dealkylation sites (tertiary alicyclic amines) is 1. The number of hydrogen-bond donors (Lipinski definition) is 1. The highest BCUT2D eigenvalue weighted by atomic mass is 16.5. The van der Waals surface area contributed by atoms with Crippen molar-refractivity contribution in [3.05, 3.63) is 48.6 Å². The molecule has 2 atom stereocenters. The van der Waals surface area contributed by atoms with Crippen LogP contribution in [0.4, 0.5) is 4.79 Å². The number of amides is 1. The van der Waals surface area contributed by atoms with E-state index in [1.807, 2.05) is 18.2 Å². The van der Waals surface area contributed by atoms with Gasteiger partial charge in [0, 0.05) is 13.1 Å². The van der Waals surface area contributed by atoms with Gasteiger partial charge in [-0.3, -0.25) is 4.90 Å². The van der Waals surface area contributed by atoms with Gasteiger partial charge in [-0.05, 0) is 30.9 Å². The van der Waals surface area contributed by atoms with Gasteiger partial charge in [0.25, 0.3) is 0 Å². The second-order valence-electron chi connectivity index (χ2n) is 5.94. The van der Waals surface area contributed by atoms with E-state index in [1.54, 1.807) is 6.08 Å². The van der Waals surface area contributed by atoms with Gasteiger partial charge in [-0.15, -0.1) is 0 Å². The number of ether oxygens (including phenoxy) is 1. The van der Waals surface area contributed by atoms with Gasteiger partial charge in [0.15, 0.2) is 0 Å². The van der Waals surface area contributed by atoms with E-state index in [-0.39, 0.29) is 18.7 Å².